The van der Waals surface area contributed by atoms with Crippen LogP contribution in [0.4, 0.5) is 0 Å². The molecule has 1 aliphatic rings. The van der Waals surface area contributed by atoms with Crippen LogP contribution in [0.3, 0.4) is 0 Å². The molecule has 2 aromatic heterocycles. The summed E-state index contributed by atoms with van der Waals surface area (Å²) in [6.07, 6.45) is 0.702. The first-order valence-corrected chi connectivity index (χ1v) is 11.5. The van der Waals surface area contributed by atoms with Gasteiger partial charge >= 0.3 is 0 Å². The molecule has 30 heavy (non-hydrogen) atoms. The van der Waals surface area contributed by atoms with E-state index in [4.69, 9.17) is 4.52 Å². The fourth-order valence-electron chi connectivity index (χ4n) is 3.71. The van der Waals surface area contributed by atoms with Crippen molar-refractivity contribution >= 4 is 15.7 Å². The number of aryl methyl sites for hydroxylation is 1. The minimum atomic E-state index is -3.01. The molecule has 9 nitrogen and oxygen atoms in total. The van der Waals surface area contributed by atoms with Crippen molar-refractivity contribution in [3.8, 4) is 11.4 Å². The van der Waals surface area contributed by atoms with Gasteiger partial charge in [-0.1, -0.05) is 35.5 Å². The van der Waals surface area contributed by atoms with Gasteiger partial charge in [-0.25, -0.2) is 8.42 Å². The molecule has 4 rings (SSSR count). The van der Waals surface area contributed by atoms with Crippen molar-refractivity contribution in [3.05, 3.63) is 53.2 Å². The molecule has 3 aromatic rings. The maximum absolute atomic E-state index is 12.5. The zero-order chi connectivity index (χ0) is 21.3. The van der Waals surface area contributed by atoms with Crippen molar-refractivity contribution in [2.45, 2.75) is 39.3 Å². The first-order chi connectivity index (χ1) is 14.3. The molecular weight excluding hydrogens is 406 g/mol. The van der Waals surface area contributed by atoms with E-state index in [2.05, 4.69) is 20.6 Å². The quantitative estimate of drug-likeness (QED) is 0.634. The number of aromatic nitrogens is 4. The van der Waals surface area contributed by atoms with Gasteiger partial charge in [0.2, 0.25) is 17.6 Å². The van der Waals surface area contributed by atoms with E-state index in [1.165, 1.54) is 0 Å². The standard InChI is InChI=1S/C20H23N5O4S/c1-13-17(14(2)25(23-13)16-8-9-30(27,28)12-16)10-18(26)21-11-19-22-20(24-29-19)15-6-4-3-5-7-15/h3-7,16H,8-12H2,1-2H3,(H,21,26). The van der Waals surface area contributed by atoms with E-state index < -0.39 is 9.84 Å². The summed E-state index contributed by atoms with van der Waals surface area (Å²) in [5.41, 5.74) is 3.21. The Morgan fingerprint density at radius 1 is 1.27 bits per heavy atom. The number of nitrogens with zero attached hydrogens (tertiary/aromatic N) is 4. The first-order valence-electron chi connectivity index (χ1n) is 9.72. The Morgan fingerprint density at radius 3 is 2.73 bits per heavy atom. The number of rotatable bonds is 6. The Hall–Kier alpha value is -3.01. The zero-order valence-corrected chi connectivity index (χ0v) is 17.6. The van der Waals surface area contributed by atoms with Crippen LogP contribution in [-0.2, 0) is 27.6 Å². The Bertz CT molecular complexity index is 1170. The largest absolute Gasteiger partial charge is 0.347 e. The summed E-state index contributed by atoms with van der Waals surface area (Å²) in [5.74, 6) is 0.878. The maximum Gasteiger partial charge on any atom is 0.246 e. The van der Waals surface area contributed by atoms with Crippen LogP contribution < -0.4 is 5.32 Å². The van der Waals surface area contributed by atoms with Crippen LogP contribution in [0.25, 0.3) is 11.4 Å². The Balaban J connectivity index is 1.38. The van der Waals surface area contributed by atoms with E-state index in [1.807, 2.05) is 44.2 Å². The van der Waals surface area contributed by atoms with Crippen LogP contribution in [0.1, 0.15) is 35.3 Å². The van der Waals surface area contributed by atoms with Gasteiger partial charge < -0.3 is 9.84 Å². The minimum absolute atomic E-state index is 0.0987. The minimum Gasteiger partial charge on any atom is -0.347 e. The predicted octanol–water partition coefficient (Wildman–Crippen LogP) is 1.77. The van der Waals surface area contributed by atoms with Crippen LogP contribution in [0.2, 0.25) is 0 Å². The van der Waals surface area contributed by atoms with Gasteiger partial charge in [-0.05, 0) is 20.3 Å². The summed E-state index contributed by atoms with van der Waals surface area (Å²) < 4.78 is 30.5. The molecule has 0 aliphatic carbocycles. The summed E-state index contributed by atoms with van der Waals surface area (Å²) in [6, 6.07) is 9.28. The molecule has 1 fully saturated rings. The molecule has 1 N–H and O–H groups in total. The van der Waals surface area contributed by atoms with Gasteiger partial charge in [-0.15, -0.1) is 0 Å². The van der Waals surface area contributed by atoms with Crippen molar-refractivity contribution in [3.63, 3.8) is 0 Å². The summed E-state index contributed by atoms with van der Waals surface area (Å²) in [5, 5.41) is 11.2. The Morgan fingerprint density at radius 2 is 2.03 bits per heavy atom. The third-order valence-corrected chi connectivity index (χ3v) is 7.05. The smallest absolute Gasteiger partial charge is 0.246 e. The lowest BCUT2D eigenvalue weighted by Gasteiger charge is -2.11. The molecule has 0 saturated carbocycles. The lowest BCUT2D eigenvalue weighted by molar-refractivity contribution is -0.120. The molecular formula is C20H23N5O4S. The van der Waals surface area contributed by atoms with Gasteiger partial charge in [0, 0.05) is 16.8 Å². The third kappa shape index (κ3) is 4.28. The Kier molecular flexibility index (Phi) is 5.42. The van der Waals surface area contributed by atoms with E-state index in [-0.39, 0.29) is 36.4 Å². The number of hydrogen-bond acceptors (Lipinski definition) is 7. The van der Waals surface area contributed by atoms with Gasteiger partial charge in [0.1, 0.15) is 0 Å². The van der Waals surface area contributed by atoms with Crippen LogP contribution in [0.15, 0.2) is 34.9 Å². The van der Waals surface area contributed by atoms with E-state index in [0.29, 0.717) is 18.1 Å². The molecule has 158 valence electrons. The van der Waals surface area contributed by atoms with Gasteiger partial charge in [-0.2, -0.15) is 10.1 Å². The molecule has 0 radical (unpaired) electrons. The molecule has 1 saturated heterocycles. The molecule has 3 heterocycles. The van der Waals surface area contributed by atoms with Gasteiger partial charge in [0.05, 0.1) is 36.2 Å². The Labute approximate surface area is 174 Å². The summed E-state index contributed by atoms with van der Waals surface area (Å²) >= 11 is 0. The average Bonchev–Trinajstić information content (AvgIpc) is 3.41. The molecule has 0 bridgehead atoms. The summed E-state index contributed by atoms with van der Waals surface area (Å²) in [7, 11) is -3.01. The van der Waals surface area contributed by atoms with Crippen LogP contribution >= 0.6 is 0 Å². The van der Waals surface area contributed by atoms with Crippen LogP contribution in [0, 0.1) is 13.8 Å². The average molecular weight is 430 g/mol. The van der Waals surface area contributed by atoms with Gasteiger partial charge in [0.25, 0.3) is 0 Å². The molecule has 0 spiro atoms. The second kappa shape index (κ2) is 8.02. The normalized spacial score (nSPS) is 17.9. The highest BCUT2D eigenvalue weighted by Gasteiger charge is 2.31. The number of hydrogen-bond donors (Lipinski definition) is 1. The number of nitrogens with one attached hydrogen (secondary N) is 1. The van der Waals surface area contributed by atoms with Crippen molar-refractivity contribution in [2.75, 3.05) is 11.5 Å². The van der Waals surface area contributed by atoms with Crippen molar-refractivity contribution in [2.24, 2.45) is 0 Å². The van der Waals surface area contributed by atoms with E-state index in [9.17, 15) is 13.2 Å². The highest BCUT2D eigenvalue weighted by molar-refractivity contribution is 7.91. The summed E-state index contributed by atoms with van der Waals surface area (Å²) in [4.78, 5) is 16.8. The molecule has 1 atom stereocenters. The third-order valence-electron chi connectivity index (χ3n) is 5.30. The van der Waals surface area contributed by atoms with E-state index in [0.717, 1.165) is 22.5 Å². The molecule has 1 unspecified atom stereocenters. The highest BCUT2D eigenvalue weighted by Crippen LogP contribution is 2.27. The van der Waals surface area contributed by atoms with Gasteiger partial charge in [0.15, 0.2) is 9.84 Å². The first kappa shape index (κ1) is 20.3. The lowest BCUT2D eigenvalue weighted by atomic mass is 10.1. The second-order valence-corrected chi connectivity index (χ2v) is 9.71. The number of carbonyl (C=O) groups excluding carboxylic acids is 1. The predicted molar refractivity (Wildman–Crippen MR) is 109 cm³/mol. The van der Waals surface area contributed by atoms with E-state index >= 15 is 0 Å². The summed E-state index contributed by atoms with van der Waals surface area (Å²) in [6.45, 7) is 3.84. The molecule has 1 aromatic carbocycles. The highest BCUT2D eigenvalue weighted by atomic mass is 32.2. The second-order valence-electron chi connectivity index (χ2n) is 7.48. The molecule has 1 amide bonds. The lowest BCUT2D eigenvalue weighted by Crippen LogP contribution is -2.25. The fourth-order valence-corrected chi connectivity index (χ4v) is 5.40. The number of amides is 1. The number of carbonyl (C=O) groups is 1. The fraction of sp³-hybridized carbons (Fsp3) is 0.400. The van der Waals surface area contributed by atoms with Crippen LogP contribution in [0.5, 0.6) is 0 Å². The zero-order valence-electron chi connectivity index (χ0n) is 16.8. The van der Waals surface area contributed by atoms with Crippen molar-refractivity contribution in [1.29, 1.82) is 0 Å². The van der Waals surface area contributed by atoms with Gasteiger partial charge in [-0.3, -0.25) is 9.48 Å². The number of benzene rings is 1. The molecule has 1 aliphatic heterocycles. The monoisotopic (exact) mass is 429 g/mol. The van der Waals surface area contributed by atoms with E-state index in [1.54, 1.807) is 4.68 Å². The number of sulfone groups is 1. The topological polar surface area (TPSA) is 120 Å². The van der Waals surface area contributed by atoms with Crippen molar-refractivity contribution in [1.82, 2.24) is 25.2 Å². The van der Waals surface area contributed by atoms with Crippen LogP contribution in [-0.4, -0.2) is 45.8 Å². The molecule has 10 heteroatoms. The maximum atomic E-state index is 12.5. The SMILES string of the molecule is Cc1nn(C2CCS(=O)(=O)C2)c(C)c1CC(=O)NCc1nc(-c2ccccc2)no1. The van der Waals surface area contributed by atoms with Crippen molar-refractivity contribution < 1.29 is 17.7 Å².